The van der Waals surface area contributed by atoms with Crippen LogP contribution in [0, 0.1) is 5.41 Å². The van der Waals surface area contributed by atoms with E-state index in [1.165, 1.54) is 16.8 Å². The van der Waals surface area contributed by atoms with Crippen molar-refractivity contribution in [3.63, 3.8) is 0 Å². The molecule has 6 nitrogen and oxygen atoms in total. The molecule has 1 N–H and O–H groups in total. The summed E-state index contributed by atoms with van der Waals surface area (Å²) in [7, 11) is 3.94. The molecule has 0 saturated carbocycles. The Bertz CT molecular complexity index is 1020. The largest absolute Gasteiger partial charge is 0.378 e. The molecule has 0 radical (unpaired) electrons. The molecule has 0 unspecified atom stereocenters. The molecule has 2 aliphatic heterocycles. The number of carbonyl (C=O) groups is 1. The van der Waals surface area contributed by atoms with Crippen molar-refractivity contribution < 1.29 is 4.79 Å². The molecule has 0 saturated heterocycles. The summed E-state index contributed by atoms with van der Waals surface area (Å²) < 4.78 is 0. The summed E-state index contributed by atoms with van der Waals surface area (Å²) in [6, 6.07) is 17.8. The van der Waals surface area contributed by atoms with Gasteiger partial charge in [-0.15, -0.1) is 0 Å². The van der Waals surface area contributed by atoms with Crippen molar-refractivity contribution in [1.29, 1.82) is 5.41 Å². The van der Waals surface area contributed by atoms with Crippen LogP contribution in [0.3, 0.4) is 0 Å². The van der Waals surface area contributed by atoms with Crippen molar-refractivity contribution in [2.75, 3.05) is 19.0 Å². The molecule has 2 aromatic carbocycles. The summed E-state index contributed by atoms with van der Waals surface area (Å²) in [5.74, 6) is -0.348. The second-order valence-corrected chi connectivity index (χ2v) is 7.70. The fourth-order valence-electron chi connectivity index (χ4n) is 2.91. The molecule has 0 spiro atoms. The van der Waals surface area contributed by atoms with Crippen LogP contribution in [0.5, 0.6) is 0 Å². The van der Waals surface area contributed by atoms with Gasteiger partial charge in [0.05, 0.1) is 5.57 Å². The van der Waals surface area contributed by atoms with E-state index in [1.54, 1.807) is 6.08 Å². The topological polar surface area (TPSA) is 72.1 Å². The van der Waals surface area contributed by atoms with E-state index >= 15 is 0 Å². The van der Waals surface area contributed by atoms with Crippen molar-refractivity contribution in [2.24, 2.45) is 10.1 Å². The summed E-state index contributed by atoms with van der Waals surface area (Å²) in [5.41, 5.74) is 3.28. The van der Waals surface area contributed by atoms with Gasteiger partial charge in [-0.05, 0) is 41.1 Å². The molecule has 0 bridgehead atoms. The van der Waals surface area contributed by atoms with Gasteiger partial charge in [-0.3, -0.25) is 10.2 Å². The minimum absolute atomic E-state index is 0.0576. The number of nitrogens with one attached hydrogen (secondary N) is 1. The average molecular weight is 389 g/mol. The Labute approximate surface area is 167 Å². The zero-order valence-electron chi connectivity index (χ0n) is 15.6. The van der Waals surface area contributed by atoms with Crippen molar-refractivity contribution in [3.8, 4) is 0 Å². The number of anilines is 1. The van der Waals surface area contributed by atoms with E-state index in [9.17, 15) is 4.79 Å². The molecule has 2 aliphatic rings. The molecular formula is C21H19N5OS. The Balaban J connectivity index is 1.58. The van der Waals surface area contributed by atoms with E-state index in [0.717, 1.165) is 21.9 Å². The fraction of sp³-hybridized carbons (Fsp3) is 0.143. The molecule has 4 rings (SSSR count). The van der Waals surface area contributed by atoms with Gasteiger partial charge in [-0.2, -0.15) is 15.1 Å². The van der Waals surface area contributed by atoms with Gasteiger partial charge in [0.15, 0.2) is 5.84 Å². The van der Waals surface area contributed by atoms with Crippen molar-refractivity contribution >= 4 is 45.5 Å². The predicted octanol–water partition coefficient (Wildman–Crippen LogP) is 3.61. The van der Waals surface area contributed by atoms with Crippen LogP contribution in [0.4, 0.5) is 5.69 Å². The normalized spacial score (nSPS) is 17.5. The summed E-state index contributed by atoms with van der Waals surface area (Å²) in [5, 5.41) is 15.7. The average Bonchev–Trinajstić information content (AvgIpc) is 3.08. The lowest BCUT2D eigenvalue weighted by Gasteiger charge is -2.20. The molecule has 2 heterocycles. The van der Waals surface area contributed by atoms with Gasteiger partial charge in [0.25, 0.3) is 5.91 Å². The Morgan fingerprint density at radius 3 is 2.50 bits per heavy atom. The maximum Gasteiger partial charge on any atom is 0.283 e. The number of fused-ring (bicyclic) bond motifs is 1. The van der Waals surface area contributed by atoms with Gasteiger partial charge in [-0.25, -0.2) is 0 Å². The zero-order chi connectivity index (χ0) is 19.7. The van der Waals surface area contributed by atoms with E-state index in [2.05, 4.69) is 10.1 Å². The minimum atomic E-state index is -0.406. The maximum atomic E-state index is 12.5. The number of nitrogens with zero attached hydrogens (tertiary/aromatic N) is 4. The number of rotatable bonds is 4. The molecule has 0 aliphatic carbocycles. The van der Waals surface area contributed by atoms with E-state index in [1.807, 2.05) is 73.6 Å². The summed E-state index contributed by atoms with van der Waals surface area (Å²) in [4.78, 5) is 18.6. The van der Waals surface area contributed by atoms with Crippen LogP contribution in [-0.2, 0) is 11.2 Å². The summed E-state index contributed by atoms with van der Waals surface area (Å²) in [6.45, 7) is 0. The SMILES string of the molecule is CN(C)c1ccc(C=C2C(=N)N3N=C(Cc4ccccc4)SC3=NC2=O)cc1. The molecule has 2 aromatic rings. The van der Waals surface area contributed by atoms with E-state index in [4.69, 9.17) is 5.41 Å². The molecular weight excluding hydrogens is 370 g/mol. The fourth-order valence-corrected chi connectivity index (χ4v) is 3.83. The number of hydrogen-bond acceptors (Lipinski definition) is 5. The smallest absolute Gasteiger partial charge is 0.283 e. The standard InChI is InChI=1S/C21H19N5OS/c1-25(2)16-10-8-15(9-11-16)12-17-19(22)26-21(23-20(17)27)28-18(24-26)13-14-6-4-3-5-7-14/h3-12,22H,13H2,1-2H3. The lowest BCUT2D eigenvalue weighted by Crippen LogP contribution is -2.35. The Morgan fingerprint density at radius 2 is 1.82 bits per heavy atom. The van der Waals surface area contributed by atoms with Crippen molar-refractivity contribution in [2.45, 2.75) is 6.42 Å². The van der Waals surface area contributed by atoms with E-state index < -0.39 is 5.91 Å². The third-order valence-corrected chi connectivity index (χ3v) is 5.32. The first kappa shape index (κ1) is 18.2. The molecule has 1 amide bonds. The Kier molecular flexibility index (Phi) is 4.83. The number of hydrazone groups is 1. The first-order valence-electron chi connectivity index (χ1n) is 8.81. The van der Waals surface area contributed by atoms with Crippen molar-refractivity contribution in [3.05, 3.63) is 71.3 Å². The molecule has 7 heteroatoms. The summed E-state index contributed by atoms with van der Waals surface area (Å²) >= 11 is 1.34. The first-order valence-corrected chi connectivity index (χ1v) is 9.63. The van der Waals surface area contributed by atoms with Gasteiger partial charge in [0, 0.05) is 26.2 Å². The monoisotopic (exact) mass is 389 g/mol. The molecule has 140 valence electrons. The predicted molar refractivity (Wildman–Crippen MR) is 116 cm³/mol. The minimum Gasteiger partial charge on any atom is -0.378 e. The quantitative estimate of drug-likeness (QED) is 0.811. The van der Waals surface area contributed by atoms with Crippen LogP contribution in [-0.4, -0.2) is 41.1 Å². The molecule has 0 fully saturated rings. The first-order chi connectivity index (χ1) is 13.5. The number of amides is 1. The van der Waals surface area contributed by atoms with Gasteiger partial charge in [0.1, 0.15) is 5.04 Å². The lowest BCUT2D eigenvalue weighted by molar-refractivity contribution is -0.114. The highest BCUT2D eigenvalue weighted by Gasteiger charge is 2.35. The second kappa shape index (κ2) is 7.44. The van der Waals surface area contributed by atoms with Crippen LogP contribution < -0.4 is 4.90 Å². The molecule has 0 aromatic heterocycles. The van der Waals surface area contributed by atoms with Gasteiger partial charge < -0.3 is 4.90 Å². The number of aliphatic imine (C=N–C) groups is 1. The van der Waals surface area contributed by atoms with Gasteiger partial charge >= 0.3 is 0 Å². The lowest BCUT2D eigenvalue weighted by atomic mass is 10.1. The Morgan fingerprint density at radius 1 is 1.11 bits per heavy atom. The highest BCUT2D eigenvalue weighted by atomic mass is 32.2. The van der Waals surface area contributed by atoms with Crippen LogP contribution >= 0.6 is 11.8 Å². The number of benzene rings is 2. The highest BCUT2D eigenvalue weighted by molar-refractivity contribution is 8.26. The van der Waals surface area contributed by atoms with Crippen LogP contribution in [0.15, 0.2) is 70.3 Å². The van der Waals surface area contributed by atoms with Crippen LogP contribution in [0.25, 0.3) is 6.08 Å². The molecule has 0 atom stereocenters. The Hall–Kier alpha value is -3.19. The number of hydrogen-bond donors (Lipinski definition) is 1. The second-order valence-electron chi connectivity index (χ2n) is 6.66. The van der Waals surface area contributed by atoms with Gasteiger partial charge in [0.2, 0.25) is 5.17 Å². The number of amidine groups is 2. The van der Waals surface area contributed by atoms with Crippen LogP contribution in [0.1, 0.15) is 11.1 Å². The van der Waals surface area contributed by atoms with E-state index in [0.29, 0.717) is 11.6 Å². The number of thioether (sulfide) groups is 1. The summed E-state index contributed by atoms with van der Waals surface area (Å²) in [6.07, 6.45) is 2.34. The van der Waals surface area contributed by atoms with E-state index in [-0.39, 0.29) is 11.4 Å². The number of carbonyl (C=O) groups excluding carboxylic acids is 1. The molecule has 28 heavy (non-hydrogen) atoms. The van der Waals surface area contributed by atoms with Gasteiger partial charge in [-0.1, -0.05) is 42.5 Å². The highest BCUT2D eigenvalue weighted by Crippen LogP contribution is 2.29. The van der Waals surface area contributed by atoms with Crippen LogP contribution in [0.2, 0.25) is 0 Å². The van der Waals surface area contributed by atoms with Crippen molar-refractivity contribution in [1.82, 2.24) is 5.01 Å². The zero-order valence-corrected chi connectivity index (χ0v) is 16.4. The third-order valence-electron chi connectivity index (χ3n) is 4.42. The third kappa shape index (κ3) is 3.61. The maximum absolute atomic E-state index is 12.5.